The second-order valence-electron chi connectivity index (χ2n) is 6.56. The summed E-state index contributed by atoms with van der Waals surface area (Å²) in [6.45, 7) is 4.82. The Hall–Kier alpha value is -1.88. The highest BCUT2D eigenvalue weighted by Gasteiger charge is 2.49. The number of carboxylic acids is 1. The molecule has 2 atom stereocenters. The van der Waals surface area contributed by atoms with E-state index >= 15 is 0 Å². The third kappa shape index (κ3) is 2.29. The van der Waals surface area contributed by atoms with E-state index < -0.39 is 17.4 Å². The molecule has 3 rings (SSSR count). The van der Waals surface area contributed by atoms with Crippen LogP contribution >= 0.6 is 0 Å². The van der Waals surface area contributed by atoms with Gasteiger partial charge in [-0.05, 0) is 38.3 Å². The van der Waals surface area contributed by atoms with Crippen LogP contribution < -0.4 is 0 Å². The molecule has 0 saturated carbocycles. The van der Waals surface area contributed by atoms with Crippen LogP contribution in [0.4, 0.5) is 0 Å². The summed E-state index contributed by atoms with van der Waals surface area (Å²) in [7, 11) is 0. The van der Waals surface area contributed by atoms with Gasteiger partial charge in [-0.25, -0.2) is 0 Å². The van der Waals surface area contributed by atoms with Gasteiger partial charge >= 0.3 is 5.97 Å². The molecule has 0 spiro atoms. The quantitative estimate of drug-likeness (QED) is 0.930. The van der Waals surface area contributed by atoms with Gasteiger partial charge in [0.2, 0.25) is 0 Å². The van der Waals surface area contributed by atoms with Crippen LogP contribution in [0.5, 0.6) is 0 Å². The highest BCUT2D eigenvalue weighted by Crippen LogP contribution is 2.41. The van der Waals surface area contributed by atoms with E-state index in [2.05, 4.69) is 0 Å². The van der Waals surface area contributed by atoms with Crippen LogP contribution in [-0.4, -0.2) is 46.7 Å². The second-order valence-corrected chi connectivity index (χ2v) is 6.56. The van der Waals surface area contributed by atoms with Crippen LogP contribution in [0, 0.1) is 0 Å². The molecule has 2 aliphatic rings. The van der Waals surface area contributed by atoms with Crippen molar-refractivity contribution in [2.45, 2.75) is 44.2 Å². The highest BCUT2D eigenvalue weighted by atomic mass is 16.5. The number of carboxylic acid groups (broad SMARTS) is 1. The Balaban J connectivity index is 2.03. The van der Waals surface area contributed by atoms with Crippen LogP contribution in [0.15, 0.2) is 24.3 Å². The number of aliphatic carboxylic acids is 1. The third-order valence-corrected chi connectivity index (χ3v) is 4.81. The standard InChI is InChI=1S/C17H21NO4/c1-17(2)14(16(20)21)12-7-3-4-8-13(12)15(19)18(17)10-11-6-5-9-22-11/h3-4,7-8,11,14H,5-6,9-10H2,1-2H3,(H,20,21). The summed E-state index contributed by atoms with van der Waals surface area (Å²) < 4.78 is 5.64. The Kier molecular flexibility index (Phi) is 3.68. The van der Waals surface area contributed by atoms with Crippen LogP contribution in [0.25, 0.3) is 0 Å². The number of hydrogen-bond acceptors (Lipinski definition) is 3. The zero-order chi connectivity index (χ0) is 15.9. The number of amides is 1. The third-order valence-electron chi connectivity index (χ3n) is 4.81. The monoisotopic (exact) mass is 303 g/mol. The molecule has 2 unspecified atom stereocenters. The minimum atomic E-state index is -0.901. The lowest BCUT2D eigenvalue weighted by Crippen LogP contribution is -2.58. The molecule has 118 valence electrons. The Bertz CT molecular complexity index is 604. The molecule has 2 heterocycles. The molecule has 0 aliphatic carbocycles. The first-order chi connectivity index (χ1) is 10.4. The van der Waals surface area contributed by atoms with Gasteiger partial charge in [0.05, 0.1) is 11.6 Å². The van der Waals surface area contributed by atoms with E-state index in [0.717, 1.165) is 12.8 Å². The molecule has 2 aliphatic heterocycles. The van der Waals surface area contributed by atoms with E-state index in [1.807, 2.05) is 13.8 Å². The molecule has 1 aromatic carbocycles. The Morgan fingerprint density at radius 1 is 1.41 bits per heavy atom. The minimum Gasteiger partial charge on any atom is -0.481 e. The van der Waals surface area contributed by atoms with Gasteiger partial charge in [-0.2, -0.15) is 0 Å². The van der Waals surface area contributed by atoms with E-state index in [9.17, 15) is 14.7 Å². The van der Waals surface area contributed by atoms with Crippen LogP contribution in [-0.2, 0) is 9.53 Å². The van der Waals surface area contributed by atoms with Crippen molar-refractivity contribution in [3.63, 3.8) is 0 Å². The largest absolute Gasteiger partial charge is 0.481 e. The van der Waals surface area contributed by atoms with E-state index in [1.165, 1.54) is 0 Å². The summed E-state index contributed by atoms with van der Waals surface area (Å²) in [5.41, 5.74) is 0.310. The normalized spacial score (nSPS) is 26.8. The van der Waals surface area contributed by atoms with Gasteiger partial charge in [-0.1, -0.05) is 18.2 Å². The number of nitrogens with zero attached hydrogens (tertiary/aromatic N) is 1. The van der Waals surface area contributed by atoms with Crippen molar-refractivity contribution >= 4 is 11.9 Å². The van der Waals surface area contributed by atoms with Crippen molar-refractivity contribution in [3.8, 4) is 0 Å². The zero-order valence-corrected chi connectivity index (χ0v) is 12.9. The van der Waals surface area contributed by atoms with Crippen molar-refractivity contribution in [1.82, 2.24) is 4.90 Å². The predicted octanol–water partition coefficient (Wildman–Crippen LogP) is 2.27. The molecule has 1 aromatic rings. The van der Waals surface area contributed by atoms with Crippen molar-refractivity contribution in [3.05, 3.63) is 35.4 Å². The fourth-order valence-corrected chi connectivity index (χ4v) is 3.63. The molecule has 1 saturated heterocycles. The van der Waals surface area contributed by atoms with Crippen molar-refractivity contribution in [2.24, 2.45) is 0 Å². The molecule has 1 amide bonds. The topological polar surface area (TPSA) is 66.8 Å². The number of carbonyl (C=O) groups excluding carboxylic acids is 1. The maximum Gasteiger partial charge on any atom is 0.313 e. The summed E-state index contributed by atoms with van der Waals surface area (Å²) in [5.74, 6) is -1.74. The lowest BCUT2D eigenvalue weighted by atomic mass is 9.74. The van der Waals surface area contributed by atoms with Crippen LogP contribution in [0.1, 0.15) is 48.5 Å². The number of carbonyl (C=O) groups is 2. The van der Waals surface area contributed by atoms with Gasteiger partial charge in [0.25, 0.3) is 5.91 Å². The van der Waals surface area contributed by atoms with Crippen LogP contribution in [0.2, 0.25) is 0 Å². The number of benzene rings is 1. The minimum absolute atomic E-state index is 0.00271. The summed E-state index contributed by atoms with van der Waals surface area (Å²) in [6, 6.07) is 7.02. The predicted molar refractivity (Wildman–Crippen MR) is 80.9 cm³/mol. The first-order valence-electron chi connectivity index (χ1n) is 7.68. The lowest BCUT2D eigenvalue weighted by Gasteiger charge is -2.47. The van der Waals surface area contributed by atoms with Gasteiger partial charge in [0.15, 0.2) is 0 Å². The Morgan fingerprint density at radius 2 is 2.14 bits per heavy atom. The average Bonchev–Trinajstić information content (AvgIpc) is 2.96. The number of hydrogen-bond donors (Lipinski definition) is 1. The van der Waals surface area contributed by atoms with E-state index in [1.54, 1.807) is 29.2 Å². The van der Waals surface area contributed by atoms with Crippen molar-refractivity contribution in [2.75, 3.05) is 13.2 Å². The molecule has 5 heteroatoms. The molecular weight excluding hydrogens is 282 g/mol. The van der Waals surface area contributed by atoms with Gasteiger partial charge in [0.1, 0.15) is 5.92 Å². The summed E-state index contributed by atoms with van der Waals surface area (Å²) in [4.78, 5) is 26.4. The molecule has 0 bridgehead atoms. The zero-order valence-electron chi connectivity index (χ0n) is 12.9. The maximum atomic E-state index is 12.9. The first-order valence-corrected chi connectivity index (χ1v) is 7.68. The summed E-state index contributed by atoms with van der Waals surface area (Å²) in [6.07, 6.45) is 1.91. The van der Waals surface area contributed by atoms with E-state index in [-0.39, 0.29) is 12.0 Å². The molecule has 0 radical (unpaired) electrons. The van der Waals surface area contributed by atoms with Gasteiger partial charge < -0.3 is 14.7 Å². The molecule has 0 aromatic heterocycles. The van der Waals surface area contributed by atoms with E-state index in [4.69, 9.17) is 4.74 Å². The lowest BCUT2D eigenvalue weighted by molar-refractivity contribution is -0.142. The van der Waals surface area contributed by atoms with Gasteiger partial charge in [-0.3, -0.25) is 9.59 Å². The average molecular weight is 303 g/mol. The Labute approximate surface area is 129 Å². The number of fused-ring (bicyclic) bond motifs is 1. The molecule has 22 heavy (non-hydrogen) atoms. The smallest absolute Gasteiger partial charge is 0.313 e. The maximum absolute atomic E-state index is 12.9. The van der Waals surface area contributed by atoms with Crippen molar-refractivity contribution in [1.29, 1.82) is 0 Å². The highest BCUT2D eigenvalue weighted by molar-refractivity contribution is 6.00. The summed E-state index contributed by atoms with van der Waals surface area (Å²) >= 11 is 0. The molecule has 1 N–H and O–H groups in total. The fourth-order valence-electron chi connectivity index (χ4n) is 3.63. The SMILES string of the molecule is CC1(C)C(C(=O)O)c2ccccc2C(=O)N1CC1CCCO1. The van der Waals surface area contributed by atoms with Gasteiger partial charge in [0, 0.05) is 18.7 Å². The molecular formula is C17H21NO4. The fraction of sp³-hybridized carbons (Fsp3) is 0.529. The Morgan fingerprint density at radius 3 is 2.77 bits per heavy atom. The van der Waals surface area contributed by atoms with Crippen LogP contribution in [0.3, 0.4) is 0 Å². The van der Waals surface area contributed by atoms with Crippen molar-refractivity contribution < 1.29 is 19.4 Å². The molecule has 1 fully saturated rings. The van der Waals surface area contributed by atoms with E-state index in [0.29, 0.717) is 24.3 Å². The summed E-state index contributed by atoms with van der Waals surface area (Å²) in [5, 5.41) is 9.72. The second kappa shape index (κ2) is 5.39. The number of rotatable bonds is 3. The number of ether oxygens (including phenoxy) is 1. The molecule has 5 nitrogen and oxygen atoms in total. The first kappa shape index (κ1) is 15.0. The van der Waals surface area contributed by atoms with Gasteiger partial charge in [-0.15, -0.1) is 0 Å².